The van der Waals surface area contributed by atoms with Crippen LogP contribution in [-0.4, -0.2) is 25.2 Å². The maximum absolute atomic E-state index is 12.7. The zero-order chi connectivity index (χ0) is 23.4. The Morgan fingerprint density at radius 1 is 1.09 bits per heavy atom. The Hall–Kier alpha value is -3.59. The first-order chi connectivity index (χ1) is 15.9. The van der Waals surface area contributed by atoms with Gasteiger partial charge in [0.25, 0.3) is 11.3 Å². The minimum Gasteiger partial charge on any atom is -0.308 e. The van der Waals surface area contributed by atoms with Gasteiger partial charge in [-0.1, -0.05) is 38.1 Å². The Morgan fingerprint density at radius 2 is 1.91 bits per heavy atom. The second-order valence-corrected chi connectivity index (χ2v) is 9.21. The minimum absolute atomic E-state index is 0.155. The van der Waals surface area contributed by atoms with Crippen LogP contribution < -0.4 is 16.2 Å². The molecule has 0 radical (unpaired) electrons. The van der Waals surface area contributed by atoms with Crippen molar-refractivity contribution >= 4 is 34.9 Å². The minimum atomic E-state index is -0.317. The van der Waals surface area contributed by atoms with Gasteiger partial charge in [0.15, 0.2) is 0 Å². The Balaban J connectivity index is 1.46. The Bertz CT molecular complexity index is 1340. The maximum atomic E-state index is 12.7. The summed E-state index contributed by atoms with van der Waals surface area (Å²) in [5.74, 6) is 1.25. The zero-order valence-electron chi connectivity index (χ0n) is 18.8. The lowest BCUT2D eigenvalue weighted by atomic mass is 10.2. The molecule has 4 aromatic rings. The standard InChI is InChI=1S/C24H26N6O2S/c1-16(2)13-29-15-25-23-26-19(12-22(31)30(23)29)14-33-21-10-5-4-9-20(21)28-24(32)27-18-8-6-7-17(3)11-18/h4-12,15-16H,13-14H2,1-3H3,(H2,27,28,32). The lowest BCUT2D eigenvalue weighted by Crippen LogP contribution is -2.22. The third-order valence-electron chi connectivity index (χ3n) is 4.83. The summed E-state index contributed by atoms with van der Waals surface area (Å²) in [6, 6.07) is 16.4. The zero-order valence-corrected chi connectivity index (χ0v) is 19.6. The molecular formula is C24H26N6O2S. The van der Waals surface area contributed by atoms with Gasteiger partial charge in [0.1, 0.15) is 6.33 Å². The highest BCUT2D eigenvalue weighted by Crippen LogP contribution is 2.29. The molecule has 0 saturated heterocycles. The third kappa shape index (κ3) is 5.61. The predicted octanol–water partition coefficient (Wildman–Crippen LogP) is 4.79. The number of hydrogen-bond acceptors (Lipinski definition) is 5. The van der Waals surface area contributed by atoms with Gasteiger partial charge < -0.3 is 10.6 Å². The van der Waals surface area contributed by atoms with E-state index in [2.05, 4.69) is 34.4 Å². The molecule has 170 valence electrons. The van der Waals surface area contributed by atoms with Gasteiger partial charge in [0.2, 0.25) is 0 Å². The van der Waals surface area contributed by atoms with Crippen LogP contribution >= 0.6 is 11.8 Å². The number of aromatic nitrogens is 4. The molecule has 0 aliphatic carbocycles. The number of anilines is 2. The number of hydrogen-bond donors (Lipinski definition) is 2. The molecule has 8 nitrogen and oxygen atoms in total. The lowest BCUT2D eigenvalue weighted by Gasteiger charge is -2.12. The first-order valence-electron chi connectivity index (χ1n) is 10.7. The van der Waals surface area contributed by atoms with Crippen LogP contribution in [0.25, 0.3) is 5.78 Å². The number of fused-ring (bicyclic) bond motifs is 1. The van der Waals surface area contributed by atoms with E-state index in [0.717, 1.165) is 16.1 Å². The van der Waals surface area contributed by atoms with Crippen LogP contribution in [0.2, 0.25) is 0 Å². The number of carbonyl (C=O) groups excluding carboxylic acids is 1. The largest absolute Gasteiger partial charge is 0.323 e. The molecule has 2 heterocycles. The monoisotopic (exact) mass is 462 g/mol. The van der Waals surface area contributed by atoms with E-state index >= 15 is 0 Å². The fraction of sp³-hybridized carbons (Fsp3) is 0.250. The lowest BCUT2D eigenvalue weighted by molar-refractivity contribution is 0.262. The summed E-state index contributed by atoms with van der Waals surface area (Å²) in [6.45, 7) is 6.83. The number of benzene rings is 2. The molecule has 33 heavy (non-hydrogen) atoms. The highest BCUT2D eigenvalue weighted by Gasteiger charge is 2.12. The second-order valence-electron chi connectivity index (χ2n) is 8.19. The summed E-state index contributed by atoms with van der Waals surface area (Å²) in [7, 11) is 0. The van der Waals surface area contributed by atoms with Crippen molar-refractivity contribution in [3.63, 3.8) is 0 Å². The van der Waals surface area contributed by atoms with E-state index in [9.17, 15) is 9.59 Å². The number of urea groups is 1. The Morgan fingerprint density at radius 3 is 2.70 bits per heavy atom. The number of amides is 2. The average molecular weight is 463 g/mol. The highest BCUT2D eigenvalue weighted by atomic mass is 32.2. The molecule has 0 fully saturated rings. The molecule has 2 amide bonds. The third-order valence-corrected chi connectivity index (χ3v) is 5.94. The van der Waals surface area contributed by atoms with Crippen LogP contribution in [-0.2, 0) is 12.3 Å². The predicted molar refractivity (Wildman–Crippen MR) is 132 cm³/mol. The topological polar surface area (TPSA) is 93.3 Å². The molecule has 4 rings (SSSR count). The van der Waals surface area contributed by atoms with Crippen molar-refractivity contribution in [3.05, 3.63) is 82.5 Å². The number of rotatable bonds is 7. The summed E-state index contributed by atoms with van der Waals surface area (Å²) >= 11 is 1.50. The van der Waals surface area contributed by atoms with E-state index in [-0.39, 0.29) is 11.6 Å². The van der Waals surface area contributed by atoms with Crippen molar-refractivity contribution in [2.75, 3.05) is 10.6 Å². The van der Waals surface area contributed by atoms with Gasteiger partial charge in [0, 0.05) is 28.9 Å². The smallest absolute Gasteiger partial charge is 0.308 e. The van der Waals surface area contributed by atoms with Crippen LogP contribution in [0, 0.1) is 12.8 Å². The summed E-state index contributed by atoms with van der Waals surface area (Å²) in [4.78, 5) is 34.9. The molecule has 0 saturated carbocycles. The van der Waals surface area contributed by atoms with E-state index in [4.69, 9.17) is 0 Å². The van der Waals surface area contributed by atoms with Gasteiger partial charge in [-0.2, -0.15) is 9.50 Å². The van der Waals surface area contributed by atoms with E-state index < -0.39 is 0 Å². The van der Waals surface area contributed by atoms with Crippen LogP contribution in [0.5, 0.6) is 0 Å². The molecule has 2 N–H and O–H groups in total. The first kappa shape index (κ1) is 22.6. The van der Waals surface area contributed by atoms with Crippen molar-refractivity contribution < 1.29 is 4.79 Å². The normalized spacial score (nSPS) is 11.2. The molecule has 2 aromatic heterocycles. The molecule has 9 heteroatoms. The molecule has 0 unspecified atom stereocenters. The van der Waals surface area contributed by atoms with Crippen molar-refractivity contribution in [2.24, 2.45) is 5.92 Å². The molecular weight excluding hydrogens is 436 g/mol. The van der Waals surface area contributed by atoms with Crippen LogP contribution in [0.3, 0.4) is 0 Å². The van der Waals surface area contributed by atoms with Gasteiger partial charge in [0.05, 0.1) is 11.4 Å². The molecule has 2 aromatic carbocycles. The number of aryl methyl sites for hydroxylation is 1. The molecule has 0 bridgehead atoms. The van der Waals surface area contributed by atoms with Crippen molar-refractivity contribution in [1.29, 1.82) is 0 Å². The number of nitrogens with one attached hydrogen (secondary N) is 2. The fourth-order valence-electron chi connectivity index (χ4n) is 3.44. The number of nitrogens with zero attached hydrogens (tertiary/aromatic N) is 4. The average Bonchev–Trinajstić information content (AvgIpc) is 3.15. The summed E-state index contributed by atoms with van der Waals surface area (Å²) in [5.41, 5.74) is 2.97. The Labute approximate surface area is 196 Å². The number of thioether (sulfide) groups is 1. The molecule has 0 aliphatic rings. The second kappa shape index (κ2) is 9.91. The van der Waals surface area contributed by atoms with Gasteiger partial charge in [-0.05, 0) is 42.7 Å². The van der Waals surface area contributed by atoms with Gasteiger partial charge in [-0.15, -0.1) is 11.8 Å². The van der Waals surface area contributed by atoms with Gasteiger partial charge in [-0.3, -0.25) is 9.48 Å². The van der Waals surface area contributed by atoms with E-state index in [1.54, 1.807) is 17.1 Å². The maximum Gasteiger partial charge on any atom is 0.323 e. The first-order valence-corrected chi connectivity index (χ1v) is 11.7. The van der Waals surface area contributed by atoms with Crippen LogP contribution in [0.15, 0.2) is 70.6 Å². The van der Waals surface area contributed by atoms with Crippen molar-refractivity contribution in [1.82, 2.24) is 19.2 Å². The van der Waals surface area contributed by atoms with Crippen molar-refractivity contribution in [3.8, 4) is 0 Å². The SMILES string of the molecule is Cc1cccc(NC(=O)Nc2ccccc2SCc2cc(=O)n3c(ncn3CC(C)C)n2)c1. The molecule has 0 aliphatic heterocycles. The Kier molecular flexibility index (Phi) is 6.79. The quantitative estimate of drug-likeness (QED) is 0.385. The molecule has 0 spiro atoms. The van der Waals surface area contributed by atoms with Crippen molar-refractivity contribution in [2.45, 2.75) is 38.0 Å². The fourth-order valence-corrected chi connectivity index (χ4v) is 4.34. The van der Waals surface area contributed by atoms with Crippen LogP contribution in [0.1, 0.15) is 25.1 Å². The molecule has 0 atom stereocenters. The summed E-state index contributed by atoms with van der Waals surface area (Å²) in [5, 5.41) is 5.75. The van der Waals surface area contributed by atoms with E-state index in [1.807, 2.05) is 55.5 Å². The number of carbonyl (C=O) groups is 1. The van der Waals surface area contributed by atoms with Gasteiger partial charge in [-0.25, -0.2) is 9.78 Å². The van der Waals surface area contributed by atoms with Crippen LogP contribution in [0.4, 0.5) is 16.2 Å². The van der Waals surface area contributed by atoms with Gasteiger partial charge >= 0.3 is 6.03 Å². The van der Waals surface area contributed by atoms with E-state index in [0.29, 0.717) is 35.4 Å². The van der Waals surface area contributed by atoms with E-state index in [1.165, 1.54) is 16.3 Å². The summed E-state index contributed by atoms with van der Waals surface area (Å²) in [6.07, 6.45) is 1.65. The summed E-state index contributed by atoms with van der Waals surface area (Å²) < 4.78 is 3.29. The number of para-hydroxylation sites is 1. The highest BCUT2D eigenvalue weighted by molar-refractivity contribution is 7.98.